The minimum Gasteiger partial charge on any atom is -0.460 e. The van der Waals surface area contributed by atoms with Gasteiger partial charge in [-0.25, -0.2) is 4.79 Å². The lowest BCUT2D eigenvalue weighted by Crippen LogP contribution is -2.61. The van der Waals surface area contributed by atoms with Gasteiger partial charge in [0.2, 0.25) is 5.79 Å². The SMILES string of the molecule is COC1C(=O)[C@H](C)C[C@H](C)/C=C/C=C/C=C(\C)C(OC=O)C[C@@H]2CC[C@@H](C)[C@@](O)(O2)C(=O)C(=O)N2CCCC[C@H]2C(=O)O[C@H]([C@H](C)C[C@@H]2CC[C@@H](O)[C@H](OC)C2)CC(=O)[C@H](C)/C=C(\C)[C@H]1O. The van der Waals surface area contributed by atoms with Gasteiger partial charge < -0.3 is 43.9 Å². The second kappa shape index (κ2) is 25.5. The molecule has 3 heterocycles. The van der Waals surface area contributed by atoms with Gasteiger partial charge in [-0.3, -0.25) is 24.0 Å². The van der Waals surface area contributed by atoms with Crippen molar-refractivity contribution in [3.05, 3.63) is 47.6 Å². The largest absolute Gasteiger partial charge is 0.460 e. The maximum absolute atomic E-state index is 14.4. The molecule has 15 nitrogen and oxygen atoms in total. The zero-order valence-electron chi connectivity index (χ0n) is 40.6. The standard InChI is InChI=1S/C51H77NO14/c1-30-15-11-10-12-16-31(2)42(64-29-53)27-38-20-18-36(7)51(61,66-38)48(58)49(59)52-22-14-13-17-39(52)50(60)65-43(33(4)25-37-19-21-40(54)44(26-37)62-8)28-41(55)32(3)24-35(6)46(57)47(63-9)45(56)34(5)23-30/h10-12,15-16,24,29-30,32-34,36-40,42-44,46-47,54,57,61H,13-14,17-23,25-28H2,1-9H3/b12-10+,15-11+,31-16+,35-24+/t30-,32-,33-,34-,36-,37+,38+,39+,40-,42?,43+,44-,46-,47?,51-/m1/s1. The molecule has 3 fully saturated rings. The molecule has 1 amide bonds. The number of Topliss-reactive ketones (excluding diaryl/α,β-unsaturated/α-hetero) is 3. The average molecular weight is 928 g/mol. The molecular formula is C51H77NO14. The van der Waals surface area contributed by atoms with Gasteiger partial charge >= 0.3 is 5.97 Å². The topological polar surface area (TPSA) is 212 Å². The molecule has 3 N–H and O–H groups in total. The number of hydrogen-bond donors (Lipinski definition) is 3. The quantitative estimate of drug-likeness (QED) is 0.121. The summed E-state index contributed by atoms with van der Waals surface area (Å²) in [5.41, 5.74) is 1.03. The Bertz CT molecular complexity index is 1810. The van der Waals surface area contributed by atoms with Crippen molar-refractivity contribution in [2.75, 3.05) is 20.8 Å². The van der Waals surface area contributed by atoms with E-state index < -0.39 is 83.9 Å². The van der Waals surface area contributed by atoms with Crippen LogP contribution in [0, 0.1) is 35.5 Å². The second-order valence-corrected chi connectivity index (χ2v) is 19.6. The summed E-state index contributed by atoms with van der Waals surface area (Å²) in [6.07, 6.45) is 9.49. The number of aliphatic hydroxyl groups excluding tert-OH is 2. The molecule has 1 saturated carbocycles. The molecule has 2 unspecified atom stereocenters. The fourth-order valence-electron chi connectivity index (χ4n) is 10.1. The van der Waals surface area contributed by atoms with Crippen molar-refractivity contribution < 1.29 is 67.8 Å². The normalized spacial score (nSPS) is 39.8. The van der Waals surface area contributed by atoms with Crippen molar-refractivity contribution in [1.82, 2.24) is 4.90 Å². The first-order valence-corrected chi connectivity index (χ1v) is 24.0. The molecule has 4 rings (SSSR count). The lowest BCUT2D eigenvalue weighted by molar-refractivity contribution is -0.265. The van der Waals surface area contributed by atoms with Gasteiger partial charge in [0.1, 0.15) is 36.2 Å². The number of amides is 1. The number of fused-ring (bicyclic) bond motifs is 3. The van der Waals surface area contributed by atoms with E-state index in [1.807, 2.05) is 26.0 Å². The van der Waals surface area contributed by atoms with Crippen LogP contribution in [0.2, 0.25) is 0 Å². The molecule has 1 aliphatic carbocycles. The number of methoxy groups -OCH3 is 2. The van der Waals surface area contributed by atoms with Crippen LogP contribution in [0.25, 0.3) is 0 Å². The van der Waals surface area contributed by atoms with Crippen LogP contribution >= 0.6 is 0 Å². The van der Waals surface area contributed by atoms with E-state index in [-0.39, 0.29) is 61.2 Å². The van der Waals surface area contributed by atoms with Gasteiger partial charge in [-0.05, 0) is 107 Å². The molecule has 0 aromatic rings. The van der Waals surface area contributed by atoms with Crippen LogP contribution in [0.4, 0.5) is 0 Å². The fourth-order valence-corrected chi connectivity index (χ4v) is 10.1. The van der Waals surface area contributed by atoms with Crippen molar-refractivity contribution in [3.8, 4) is 0 Å². The van der Waals surface area contributed by atoms with E-state index in [0.717, 1.165) is 4.90 Å². The highest BCUT2D eigenvalue weighted by molar-refractivity contribution is 6.39. The number of ether oxygens (including phenoxy) is 5. The Morgan fingerprint density at radius 3 is 2.30 bits per heavy atom. The lowest BCUT2D eigenvalue weighted by atomic mass is 9.78. The van der Waals surface area contributed by atoms with Crippen LogP contribution < -0.4 is 0 Å². The Morgan fingerprint density at radius 2 is 1.62 bits per heavy atom. The van der Waals surface area contributed by atoms with E-state index in [2.05, 4.69) is 0 Å². The number of aliphatic hydroxyl groups is 3. The molecule has 0 radical (unpaired) electrons. The number of nitrogens with zero attached hydrogens (tertiary/aromatic N) is 1. The summed E-state index contributed by atoms with van der Waals surface area (Å²) in [5, 5.41) is 33.8. The number of esters is 1. The predicted molar refractivity (Wildman–Crippen MR) is 245 cm³/mol. The van der Waals surface area contributed by atoms with E-state index in [9.17, 15) is 44.1 Å². The Hall–Kier alpha value is -3.86. The number of piperidine rings is 1. The summed E-state index contributed by atoms with van der Waals surface area (Å²) in [4.78, 5) is 83.4. The third-order valence-corrected chi connectivity index (χ3v) is 14.4. The van der Waals surface area contributed by atoms with Crippen molar-refractivity contribution in [3.63, 3.8) is 0 Å². The van der Waals surface area contributed by atoms with Crippen LogP contribution in [0.15, 0.2) is 47.6 Å². The van der Waals surface area contributed by atoms with Gasteiger partial charge in [0.15, 0.2) is 5.78 Å². The van der Waals surface area contributed by atoms with E-state index in [1.54, 1.807) is 66.0 Å². The van der Waals surface area contributed by atoms with E-state index >= 15 is 0 Å². The number of hydrogen-bond acceptors (Lipinski definition) is 14. The van der Waals surface area contributed by atoms with Gasteiger partial charge in [0, 0.05) is 51.4 Å². The van der Waals surface area contributed by atoms with Crippen molar-refractivity contribution in [2.24, 2.45) is 35.5 Å². The highest BCUT2D eigenvalue weighted by Gasteiger charge is 2.53. The summed E-state index contributed by atoms with van der Waals surface area (Å²) in [5.74, 6) is -8.45. The molecule has 370 valence electrons. The first-order chi connectivity index (χ1) is 31.2. The van der Waals surface area contributed by atoms with Gasteiger partial charge in [0.25, 0.3) is 18.2 Å². The molecule has 0 spiro atoms. The third-order valence-electron chi connectivity index (χ3n) is 14.4. The molecule has 15 heteroatoms. The van der Waals surface area contributed by atoms with Crippen molar-refractivity contribution in [2.45, 2.75) is 180 Å². The maximum atomic E-state index is 14.4. The average Bonchev–Trinajstić information content (AvgIpc) is 3.29. The minimum atomic E-state index is -2.52. The first kappa shape index (κ1) is 54.7. The van der Waals surface area contributed by atoms with E-state index in [4.69, 9.17) is 23.7 Å². The van der Waals surface area contributed by atoms with Gasteiger partial charge in [-0.15, -0.1) is 0 Å². The van der Waals surface area contributed by atoms with Crippen molar-refractivity contribution >= 4 is 35.7 Å². The van der Waals surface area contributed by atoms with Crippen LogP contribution in [-0.2, 0) is 52.5 Å². The molecule has 2 bridgehead atoms. The summed E-state index contributed by atoms with van der Waals surface area (Å²) in [7, 11) is 2.92. The highest BCUT2D eigenvalue weighted by Crippen LogP contribution is 2.38. The smallest absolute Gasteiger partial charge is 0.329 e. The lowest BCUT2D eigenvalue weighted by Gasteiger charge is -2.42. The van der Waals surface area contributed by atoms with E-state index in [1.165, 1.54) is 7.11 Å². The number of cyclic esters (lactones) is 1. The zero-order chi connectivity index (χ0) is 48.9. The van der Waals surface area contributed by atoms with Crippen LogP contribution in [-0.4, -0.2) is 131 Å². The summed E-state index contributed by atoms with van der Waals surface area (Å²) in [6, 6.07) is -1.18. The monoisotopic (exact) mass is 928 g/mol. The number of allylic oxidation sites excluding steroid dienone is 6. The molecule has 4 aliphatic rings. The Kier molecular flexibility index (Phi) is 21.1. The Balaban J connectivity index is 1.71. The number of carbonyl (C=O) groups excluding carboxylic acids is 6. The number of carbonyl (C=O) groups is 6. The molecule has 3 aliphatic heterocycles. The Labute approximate surface area is 391 Å². The molecule has 2 saturated heterocycles. The fraction of sp³-hybridized carbons (Fsp3) is 0.725. The second-order valence-electron chi connectivity index (χ2n) is 19.6. The third kappa shape index (κ3) is 14.3. The van der Waals surface area contributed by atoms with Crippen molar-refractivity contribution in [1.29, 1.82) is 0 Å². The molecular weight excluding hydrogens is 851 g/mol. The zero-order valence-corrected chi connectivity index (χ0v) is 40.6. The molecule has 0 aromatic heterocycles. The van der Waals surface area contributed by atoms with Crippen LogP contribution in [0.1, 0.15) is 126 Å². The van der Waals surface area contributed by atoms with Crippen LogP contribution in [0.5, 0.6) is 0 Å². The first-order valence-electron chi connectivity index (χ1n) is 24.0. The highest BCUT2D eigenvalue weighted by atomic mass is 16.6. The van der Waals surface area contributed by atoms with Gasteiger partial charge in [-0.1, -0.05) is 71.1 Å². The van der Waals surface area contributed by atoms with Gasteiger partial charge in [0.05, 0.1) is 18.3 Å². The number of rotatable bonds is 7. The number of ketones is 3. The molecule has 15 atom stereocenters. The molecule has 66 heavy (non-hydrogen) atoms. The maximum Gasteiger partial charge on any atom is 0.329 e. The summed E-state index contributed by atoms with van der Waals surface area (Å²) < 4.78 is 28.9. The van der Waals surface area contributed by atoms with Crippen LogP contribution in [0.3, 0.4) is 0 Å². The van der Waals surface area contributed by atoms with E-state index in [0.29, 0.717) is 75.4 Å². The summed E-state index contributed by atoms with van der Waals surface area (Å²) >= 11 is 0. The predicted octanol–water partition coefficient (Wildman–Crippen LogP) is 5.71. The minimum absolute atomic E-state index is 0.0275. The Morgan fingerprint density at radius 1 is 0.894 bits per heavy atom. The van der Waals surface area contributed by atoms with Gasteiger partial charge in [-0.2, -0.15) is 0 Å². The summed E-state index contributed by atoms with van der Waals surface area (Å²) in [6.45, 7) is 12.7. The molecule has 0 aromatic carbocycles.